The molecule has 0 radical (unpaired) electrons. The van der Waals surface area contributed by atoms with Crippen molar-refractivity contribution in [3.05, 3.63) is 22.7 Å². The summed E-state index contributed by atoms with van der Waals surface area (Å²) in [5.74, 6) is -0.442. The highest BCUT2D eigenvalue weighted by molar-refractivity contribution is 5.85. The molecule has 0 saturated carbocycles. The lowest BCUT2D eigenvalue weighted by Crippen LogP contribution is -2.29. The Balaban J connectivity index is 1.98. The van der Waals surface area contributed by atoms with Crippen molar-refractivity contribution in [3.63, 3.8) is 0 Å². The summed E-state index contributed by atoms with van der Waals surface area (Å²) in [6.45, 7) is 4.02. The highest BCUT2D eigenvalue weighted by Gasteiger charge is 2.16. The third-order valence-electron chi connectivity index (χ3n) is 3.63. The van der Waals surface area contributed by atoms with Crippen LogP contribution in [0.3, 0.4) is 0 Å². The van der Waals surface area contributed by atoms with E-state index in [1.165, 1.54) is 0 Å². The Kier molecular flexibility index (Phi) is 2.94. The third-order valence-corrected chi connectivity index (χ3v) is 3.63. The molecule has 0 atom stereocenters. The SMILES string of the molecule is CN1CCCN(c2cc3[nH]c(=O)oc3cc2N)CC1. The minimum atomic E-state index is -0.442. The van der Waals surface area contributed by atoms with Gasteiger partial charge in [0.05, 0.1) is 16.9 Å². The molecule has 6 nitrogen and oxygen atoms in total. The van der Waals surface area contributed by atoms with Gasteiger partial charge in [-0.1, -0.05) is 0 Å². The molecule has 0 unspecified atom stereocenters. The Morgan fingerprint density at radius 1 is 1.26 bits per heavy atom. The Morgan fingerprint density at radius 3 is 2.95 bits per heavy atom. The fourth-order valence-corrected chi connectivity index (χ4v) is 2.56. The summed E-state index contributed by atoms with van der Waals surface area (Å²) in [4.78, 5) is 18.5. The number of nitrogens with two attached hydrogens (primary N) is 1. The standard InChI is InChI=1S/C13H18N4O2/c1-16-3-2-4-17(6-5-16)11-8-10-12(7-9(11)14)19-13(18)15-10/h7-8H,2-6,14H2,1H3,(H,15,18). The number of nitrogen functional groups attached to an aromatic ring is 1. The maximum Gasteiger partial charge on any atom is 0.417 e. The van der Waals surface area contributed by atoms with Crippen LogP contribution in [0.2, 0.25) is 0 Å². The van der Waals surface area contributed by atoms with E-state index >= 15 is 0 Å². The van der Waals surface area contributed by atoms with Crippen molar-refractivity contribution in [1.82, 2.24) is 9.88 Å². The zero-order valence-electron chi connectivity index (χ0n) is 11.0. The number of likely N-dealkylation sites (N-methyl/N-ethyl adjacent to an activating group) is 1. The van der Waals surface area contributed by atoms with Crippen LogP contribution in [-0.4, -0.2) is 43.1 Å². The van der Waals surface area contributed by atoms with Crippen LogP contribution in [0.1, 0.15) is 6.42 Å². The van der Waals surface area contributed by atoms with Crippen molar-refractivity contribution in [3.8, 4) is 0 Å². The van der Waals surface area contributed by atoms with Crippen LogP contribution >= 0.6 is 0 Å². The number of oxazole rings is 1. The van der Waals surface area contributed by atoms with E-state index in [4.69, 9.17) is 10.2 Å². The molecule has 1 aliphatic heterocycles. The number of fused-ring (bicyclic) bond motifs is 1. The molecule has 19 heavy (non-hydrogen) atoms. The minimum absolute atomic E-state index is 0.442. The summed E-state index contributed by atoms with van der Waals surface area (Å²) in [6, 6.07) is 3.62. The monoisotopic (exact) mass is 262 g/mol. The Bertz CT molecular complexity index is 646. The molecular weight excluding hydrogens is 244 g/mol. The van der Waals surface area contributed by atoms with E-state index in [0.717, 1.165) is 38.3 Å². The van der Waals surface area contributed by atoms with Gasteiger partial charge in [-0.05, 0) is 26.1 Å². The predicted molar refractivity (Wildman–Crippen MR) is 75.6 cm³/mol. The number of hydrogen-bond acceptors (Lipinski definition) is 5. The second kappa shape index (κ2) is 4.62. The van der Waals surface area contributed by atoms with Gasteiger partial charge in [-0.2, -0.15) is 0 Å². The first-order valence-corrected chi connectivity index (χ1v) is 6.49. The number of nitrogens with zero attached hydrogens (tertiary/aromatic N) is 2. The van der Waals surface area contributed by atoms with Gasteiger partial charge < -0.3 is 20.0 Å². The van der Waals surface area contributed by atoms with Gasteiger partial charge in [-0.15, -0.1) is 0 Å². The molecule has 1 aromatic carbocycles. The summed E-state index contributed by atoms with van der Waals surface area (Å²) >= 11 is 0. The number of nitrogens with one attached hydrogen (secondary N) is 1. The molecule has 0 spiro atoms. The van der Waals surface area contributed by atoms with E-state index in [2.05, 4.69) is 21.8 Å². The van der Waals surface area contributed by atoms with Crippen LogP contribution in [0.5, 0.6) is 0 Å². The Hall–Kier alpha value is -1.95. The number of aromatic nitrogens is 1. The van der Waals surface area contributed by atoms with Crippen molar-refractivity contribution in [2.45, 2.75) is 6.42 Å². The fraction of sp³-hybridized carbons (Fsp3) is 0.462. The molecule has 3 rings (SSSR count). The van der Waals surface area contributed by atoms with E-state index in [-0.39, 0.29) is 0 Å². The van der Waals surface area contributed by atoms with Crippen molar-refractivity contribution in [1.29, 1.82) is 0 Å². The van der Waals surface area contributed by atoms with Crippen LogP contribution in [0.15, 0.2) is 21.3 Å². The molecule has 0 aliphatic carbocycles. The molecule has 3 N–H and O–H groups in total. The molecule has 1 saturated heterocycles. The van der Waals surface area contributed by atoms with Gasteiger partial charge in [0.25, 0.3) is 0 Å². The number of anilines is 2. The van der Waals surface area contributed by atoms with Gasteiger partial charge in [0.1, 0.15) is 0 Å². The normalized spacial score (nSPS) is 17.8. The lowest BCUT2D eigenvalue weighted by molar-refractivity contribution is 0.360. The average molecular weight is 262 g/mol. The number of H-pyrrole nitrogens is 1. The molecule has 1 aliphatic rings. The largest absolute Gasteiger partial charge is 0.417 e. The van der Waals surface area contributed by atoms with Crippen LogP contribution in [0, 0.1) is 0 Å². The van der Waals surface area contributed by atoms with Gasteiger partial charge in [0.2, 0.25) is 0 Å². The molecular formula is C13H18N4O2. The molecule has 1 fully saturated rings. The van der Waals surface area contributed by atoms with Crippen LogP contribution in [0.25, 0.3) is 11.1 Å². The summed E-state index contributed by atoms with van der Waals surface area (Å²) in [6.07, 6.45) is 1.11. The van der Waals surface area contributed by atoms with E-state index in [1.54, 1.807) is 6.07 Å². The van der Waals surface area contributed by atoms with Gasteiger partial charge in [-0.3, -0.25) is 4.98 Å². The van der Waals surface area contributed by atoms with E-state index in [0.29, 0.717) is 16.8 Å². The molecule has 0 amide bonds. The highest BCUT2D eigenvalue weighted by atomic mass is 16.4. The third kappa shape index (κ3) is 2.31. The molecule has 0 bridgehead atoms. The average Bonchev–Trinajstić information content (AvgIpc) is 2.57. The van der Waals surface area contributed by atoms with Gasteiger partial charge in [0.15, 0.2) is 5.58 Å². The first-order valence-electron chi connectivity index (χ1n) is 6.49. The van der Waals surface area contributed by atoms with Gasteiger partial charge in [0, 0.05) is 25.7 Å². The maximum atomic E-state index is 11.2. The van der Waals surface area contributed by atoms with Crippen molar-refractivity contribution < 1.29 is 4.42 Å². The van der Waals surface area contributed by atoms with E-state index < -0.39 is 5.76 Å². The lowest BCUT2D eigenvalue weighted by Gasteiger charge is -2.24. The van der Waals surface area contributed by atoms with Gasteiger partial charge in [-0.25, -0.2) is 4.79 Å². The zero-order chi connectivity index (χ0) is 13.4. The number of hydrogen-bond donors (Lipinski definition) is 2. The van der Waals surface area contributed by atoms with Crippen LogP contribution in [0.4, 0.5) is 11.4 Å². The molecule has 1 aromatic heterocycles. The molecule has 6 heteroatoms. The van der Waals surface area contributed by atoms with Crippen LogP contribution in [-0.2, 0) is 0 Å². The topological polar surface area (TPSA) is 78.5 Å². The Morgan fingerprint density at radius 2 is 2.11 bits per heavy atom. The van der Waals surface area contributed by atoms with Crippen molar-refractivity contribution in [2.75, 3.05) is 43.9 Å². The Labute approximate surface area is 110 Å². The highest BCUT2D eigenvalue weighted by Crippen LogP contribution is 2.28. The fourth-order valence-electron chi connectivity index (χ4n) is 2.56. The minimum Gasteiger partial charge on any atom is -0.408 e. The van der Waals surface area contributed by atoms with E-state index in [1.807, 2.05) is 6.07 Å². The van der Waals surface area contributed by atoms with Crippen molar-refractivity contribution >= 4 is 22.5 Å². The van der Waals surface area contributed by atoms with Gasteiger partial charge >= 0.3 is 5.76 Å². The van der Waals surface area contributed by atoms with Crippen molar-refractivity contribution in [2.24, 2.45) is 0 Å². The second-order valence-electron chi connectivity index (χ2n) is 5.07. The predicted octanol–water partition coefficient (Wildman–Crippen LogP) is 0.845. The van der Waals surface area contributed by atoms with E-state index in [9.17, 15) is 4.79 Å². The number of aromatic amines is 1. The smallest absolute Gasteiger partial charge is 0.408 e. The summed E-state index contributed by atoms with van der Waals surface area (Å²) in [5, 5.41) is 0. The van der Waals surface area contributed by atoms with Crippen LogP contribution < -0.4 is 16.4 Å². The molecule has 2 heterocycles. The summed E-state index contributed by atoms with van der Waals surface area (Å²) in [5.41, 5.74) is 8.92. The second-order valence-corrected chi connectivity index (χ2v) is 5.07. The summed E-state index contributed by atoms with van der Waals surface area (Å²) in [7, 11) is 2.13. The number of benzene rings is 1. The first kappa shape index (κ1) is 12.1. The lowest BCUT2D eigenvalue weighted by atomic mass is 10.2. The first-order chi connectivity index (χ1) is 9.13. The maximum absolute atomic E-state index is 11.2. The molecule has 2 aromatic rings. The zero-order valence-corrected chi connectivity index (χ0v) is 11.0. The number of rotatable bonds is 1. The quantitative estimate of drug-likeness (QED) is 0.745. The summed E-state index contributed by atoms with van der Waals surface area (Å²) < 4.78 is 5.01. The molecule has 102 valence electrons.